The van der Waals surface area contributed by atoms with Crippen molar-refractivity contribution < 1.29 is 0 Å². The van der Waals surface area contributed by atoms with Crippen molar-refractivity contribution in [2.45, 2.75) is 0 Å². The second-order valence-corrected chi connectivity index (χ2v) is 10.7. The minimum absolute atomic E-state index is 0.457. The van der Waals surface area contributed by atoms with Crippen LogP contribution in [0.4, 0.5) is 11.4 Å². The Balaban J connectivity index is 1.43. The van der Waals surface area contributed by atoms with Gasteiger partial charge in [-0.1, -0.05) is 54.6 Å². The fraction of sp³-hybridized carbons (Fsp3) is 0. The van der Waals surface area contributed by atoms with Gasteiger partial charge in [-0.25, -0.2) is 9.69 Å². The molecule has 0 spiro atoms. The van der Waals surface area contributed by atoms with E-state index in [0.717, 1.165) is 60.9 Å². The van der Waals surface area contributed by atoms with Crippen molar-refractivity contribution in [2.75, 3.05) is 0 Å². The van der Waals surface area contributed by atoms with Crippen molar-refractivity contribution in [2.24, 2.45) is 0 Å². The second kappa shape index (κ2) is 11.1. The fourth-order valence-electron chi connectivity index (χ4n) is 5.92. The van der Waals surface area contributed by atoms with Crippen molar-refractivity contribution in [3.8, 4) is 51.2 Å². The Kier molecular flexibility index (Phi) is 6.62. The van der Waals surface area contributed by atoms with Gasteiger partial charge < -0.3 is 4.57 Å². The van der Waals surface area contributed by atoms with E-state index < -0.39 is 0 Å². The van der Waals surface area contributed by atoms with E-state index in [4.69, 9.17) is 13.1 Å². The molecule has 7 aromatic rings. The molecule has 206 valence electrons. The zero-order valence-corrected chi connectivity index (χ0v) is 23.9. The first-order valence-electron chi connectivity index (χ1n) is 14.2. The first-order valence-corrected chi connectivity index (χ1v) is 14.2. The number of nitriles is 2. The lowest BCUT2D eigenvalue weighted by atomic mass is 9.94. The largest absolute Gasteiger partial charge is 0.311 e. The highest BCUT2D eigenvalue weighted by Crippen LogP contribution is 2.38. The van der Waals surface area contributed by atoms with Gasteiger partial charge in [-0.15, -0.1) is 0 Å². The molecular formula is C40H21N5. The average Bonchev–Trinajstić information content (AvgIpc) is 3.44. The smallest absolute Gasteiger partial charge is 0.189 e. The van der Waals surface area contributed by atoms with E-state index in [1.807, 2.05) is 84.9 Å². The summed E-state index contributed by atoms with van der Waals surface area (Å²) in [6.45, 7) is 15.4. The topological polar surface area (TPSA) is 61.2 Å². The van der Waals surface area contributed by atoms with Gasteiger partial charge in [-0.3, -0.25) is 0 Å². The molecule has 0 unspecified atom stereocenters. The highest BCUT2D eigenvalue weighted by atomic mass is 15.0. The van der Waals surface area contributed by atoms with Crippen LogP contribution >= 0.6 is 0 Å². The molecule has 0 amide bonds. The predicted octanol–water partition coefficient (Wildman–Crippen LogP) is 10.6. The van der Waals surface area contributed by atoms with E-state index in [0.29, 0.717) is 22.5 Å². The third kappa shape index (κ3) is 4.84. The van der Waals surface area contributed by atoms with Crippen molar-refractivity contribution in [1.82, 2.24) is 4.57 Å². The van der Waals surface area contributed by atoms with E-state index in [1.54, 1.807) is 12.1 Å². The van der Waals surface area contributed by atoms with Crippen molar-refractivity contribution >= 4 is 33.2 Å². The van der Waals surface area contributed by atoms with Crippen molar-refractivity contribution in [3.05, 3.63) is 161 Å². The highest BCUT2D eigenvalue weighted by Gasteiger charge is 2.16. The maximum Gasteiger partial charge on any atom is 0.189 e. The van der Waals surface area contributed by atoms with Gasteiger partial charge in [0.05, 0.1) is 47.4 Å². The Hall–Kier alpha value is -6.92. The maximum absolute atomic E-state index is 9.99. The van der Waals surface area contributed by atoms with Gasteiger partial charge in [0.1, 0.15) is 0 Å². The van der Waals surface area contributed by atoms with Crippen molar-refractivity contribution in [1.29, 1.82) is 10.5 Å². The van der Waals surface area contributed by atoms with E-state index in [1.165, 1.54) is 0 Å². The molecule has 0 aliphatic heterocycles. The van der Waals surface area contributed by atoms with Gasteiger partial charge in [0.2, 0.25) is 0 Å². The zero-order valence-electron chi connectivity index (χ0n) is 23.9. The van der Waals surface area contributed by atoms with Gasteiger partial charge >= 0.3 is 0 Å². The number of benzene rings is 6. The van der Waals surface area contributed by atoms with Crippen LogP contribution in [0.25, 0.3) is 70.6 Å². The summed E-state index contributed by atoms with van der Waals surface area (Å²) in [6, 6.07) is 45.5. The third-order valence-corrected chi connectivity index (χ3v) is 8.00. The van der Waals surface area contributed by atoms with Crippen LogP contribution in [0, 0.1) is 35.8 Å². The molecule has 5 heteroatoms. The van der Waals surface area contributed by atoms with Crippen LogP contribution in [0.5, 0.6) is 0 Å². The standard InChI is InChI=1S/C40H21N5/c1-43-34-12-14-40-38(23-34)37-17-26(24-41)11-13-39(37)45(40)36-21-33(20-35(22-36)44-2)32-16-27(25-42)15-31(19-32)30-10-6-9-29(18-30)28-7-4-3-5-8-28/h3-23H. The summed E-state index contributed by atoms with van der Waals surface area (Å²) in [5.41, 5.74) is 10.2. The predicted molar refractivity (Wildman–Crippen MR) is 179 cm³/mol. The average molecular weight is 572 g/mol. The molecule has 0 bridgehead atoms. The molecule has 45 heavy (non-hydrogen) atoms. The molecule has 0 radical (unpaired) electrons. The van der Waals surface area contributed by atoms with Crippen molar-refractivity contribution in [3.63, 3.8) is 0 Å². The molecule has 1 heterocycles. The molecule has 0 saturated carbocycles. The lowest BCUT2D eigenvalue weighted by Crippen LogP contribution is -1.95. The minimum atomic E-state index is 0.457. The first-order chi connectivity index (χ1) is 22.1. The van der Waals surface area contributed by atoms with Crippen LogP contribution in [-0.2, 0) is 0 Å². The number of hydrogen-bond donors (Lipinski definition) is 0. The molecule has 0 fully saturated rings. The molecule has 0 saturated heterocycles. The fourth-order valence-corrected chi connectivity index (χ4v) is 5.92. The molecule has 0 N–H and O–H groups in total. The van der Waals surface area contributed by atoms with Crippen LogP contribution < -0.4 is 0 Å². The summed E-state index contributed by atoms with van der Waals surface area (Å²) in [4.78, 5) is 7.41. The summed E-state index contributed by atoms with van der Waals surface area (Å²) in [5.74, 6) is 0. The monoisotopic (exact) mass is 571 g/mol. The molecule has 7 rings (SSSR count). The van der Waals surface area contributed by atoms with Crippen LogP contribution in [0.3, 0.4) is 0 Å². The van der Waals surface area contributed by atoms with E-state index in [2.05, 4.69) is 56.7 Å². The maximum atomic E-state index is 9.99. The van der Waals surface area contributed by atoms with Gasteiger partial charge in [-0.05, 0) is 112 Å². The number of nitrogens with zero attached hydrogens (tertiary/aromatic N) is 5. The molecule has 0 aliphatic carbocycles. The normalized spacial score (nSPS) is 10.6. The Morgan fingerprint density at radius 2 is 1.07 bits per heavy atom. The van der Waals surface area contributed by atoms with E-state index in [9.17, 15) is 10.5 Å². The highest BCUT2D eigenvalue weighted by molar-refractivity contribution is 6.10. The summed E-state index contributed by atoms with van der Waals surface area (Å²) in [5, 5.41) is 21.3. The van der Waals surface area contributed by atoms with Crippen LogP contribution in [-0.4, -0.2) is 4.57 Å². The zero-order chi connectivity index (χ0) is 30.9. The molecular weight excluding hydrogens is 550 g/mol. The quantitative estimate of drug-likeness (QED) is 0.197. The van der Waals surface area contributed by atoms with Gasteiger partial charge in [-0.2, -0.15) is 10.5 Å². The molecule has 5 nitrogen and oxygen atoms in total. The van der Waals surface area contributed by atoms with Crippen LogP contribution in [0.2, 0.25) is 0 Å². The molecule has 6 aromatic carbocycles. The minimum Gasteiger partial charge on any atom is -0.311 e. The Bertz CT molecular complexity index is 2400. The lowest BCUT2D eigenvalue weighted by molar-refractivity contribution is 1.18. The number of hydrogen-bond acceptors (Lipinski definition) is 2. The summed E-state index contributed by atoms with van der Waals surface area (Å²) in [7, 11) is 0. The van der Waals surface area contributed by atoms with Gasteiger partial charge in [0.15, 0.2) is 11.4 Å². The number of rotatable bonds is 4. The number of aromatic nitrogens is 1. The summed E-state index contributed by atoms with van der Waals surface area (Å²) in [6.07, 6.45) is 0. The van der Waals surface area contributed by atoms with Gasteiger partial charge in [0.25, 0.3) is 0 Å². The number of fused-ring (bicyclic) bond motifs is 3. The first kappa shape index (κ1) is 26.9. The molecule has 1 aromatic heterocycles. The SMILES string of the molecule is [C-]#[N+]c1cc(-c2cc(C#N)cc(-c3cccc(-c4ccccc4)c3)c2)cc(-n2c3ccc(C#N)cc3c3cc([N+]#[C-])ccc32)c1. The Morgan fingerprint density at radius 1 is 0.467 bits per heavy atom. The summed E-state index contributed by atoms with van der Waals surface area (Å²) < 4.78 is 2.07. The second-order valence-electron chi connectivity index (χ2n) is 10.7. The van der Waals surface area contributed by atoms with Crippen LogP contribution in [0.1, 0.15) is 11.1 Å². The Morgan fingerprint density at radius 3 is 1.78 bits per heavy atom. The molecule has 0 atom stereocenters. The molecule has 0 aliphatic rings. The van der Waals surface area contributed by atoms with E-state index in [-0.39, 0.29) is 0 Å². The third-order valence-electron chi connectivity index (χ3n) is 8.00. The van der Waals surface area contributed by atoms with E-state index >= 15 is 0 Å². The Labute approximate surface area is 260 Å². The lowest BCUT2D eigenvalue weighted by Gasteiger charge is -2.13. The van der Waals surface area contributed by atoms with Crippen LogP contribution in [0.15, 0.2) is 127 Å². The van der Waals surface area contributed by atoms with Gasteiger partial charge in [0, 0.05) is 11.1 Å². The summed E-state index contributed by atoms with van der Waals surface area (Å²) >= 11 is 0.